The second-order valence-electron chi connectivity index (χ2n) is 5.07. The number of aryl methyl sites for hydroxylation is 1. The average molecular weight is 368 g/mol. The van der Waals surface area contributed by atoms with Gasteiger partial charge in [0.25, 0.3) is 5.82 Å². The standard InChI is InChI=1S/C15H11F3N4O2S/c1-8(21-24-12(23)10-6-4-3-5-7-10)11-9(2)22-14(25-11)19-13(20-22)15(16,17)18/h3-7H,1-2H3/b21-8-. The Labute approximate surface area is 143 Å². The maximum absolute atomic E-state index is 12.7. The van der Waals surface area contributed by atoms with Crippen LogP contribution in [0.25, 0.3) is 4.96 Å². The number of carbonyl (C=O) groups is 1. The van der Waals surface area contributed by atoms with Gasteiger partial charge in [-0.05, 0) is 26.0 Å². The van der Waals surface area contributed by atoms with Crippen molar-refractivity contribution in [3.8, 4) is 0 Å². The molecular formula is C15H11F3N4O2S. The summed E-state index contributed by atoms with van der Waals surface area (Å²) >= 11 is 0.984. The Hall–Kier alpha value is -2.75. The van der Waals surface area contributed by atoms with Crippen LogP contribution >= 0.6 is 11.3 Å². The van der Waals surface area contributed by atoms with Gasteiger partial charge in [-0.3, -0.25) is 0 Å². The smallest absolute Gasteiger partial charge is 0.313 e. The molecule has 0 fully saturated rings. The first-order chi connectivity index (χ1) is 11.8. The van der Waals surface area contributed by atoms with E-state index in [0.29, 0.717) is 21.8 Å². The van der Waals surface area contributed by atoms with Crippen molar-refractivity contribution in [2.45, 2.75) is 20.0 Å². The van der Waals surface area contributed by atoms with E-state index < -0.39 is 18.0 Å². The number of thiazole rings is 1. The molecule has 0 saturated heterocycles. The Balaban J connectivity index is 1.84. The minimum atomic E-state index is -4.60. The summed E-state index contributed by atoms with van der Waals surface area (Å²) in [4.78, 5) is 20.8. The summed E-state index contributed by atoms with van der Waals surface area (Å²) in [5.41, 5.74) is 1.11. The molecule has 1 aromatic carbocycles. The Morgan fingerprint density at radius 1 is 1.28 bits per heavy atom. The topological polar surface area (TPSA) is 68.8 Å². The molecule has 0 aliphatic rings. The highest BCUT2D eigenvalue weighted by Crippen LogP contribution is 2.30. The molecule has 0 amide bonds. The van der Waals surface area contributed by atoms with Crippen LogP contribution in [0, 0.1) is 6.92 Å². The van der Waals surface area contributed by atoms with Gasteiger partial charge in [0.2, 0.25) is 4.96 Å². The summed E-state index contributed by atoms with van der Waals surface area (Å²) in [6.45, 7) is 3.17. The van der Waals surface area contributed by atoms with Gasteiger partial charge in [0.1, 0.15) is 0 Å². The maximum Gasteiger partial charge on any atom is 0.453 e. The summed E-state index contributed by atoms with van der Waals surface area (Å²) < 4.78 is 39.0. The predicted octanol–water partition coefficient (Wildman–Crippen LogP) is 3.70. The zero-order valence-electron chi connectivity index (χ0n) is 13.0. The summed E-state index contributed by atoms with van der Waals surface area (Å²) in [7, 11) is 0. The summed E-state index contributed by atoms with van der Waals surface area (Å²) in [5.74, 6) is -1.82. The number of aromatic nitrogens is 3. The van der Waals surface area contributed by atoms with Crippen LogP contribution in [0.4, 0.5) is 13.2 Å². The molecule has 0 spiro atoms. The summed E-state index contributed by atoms with van der Waals surface area (Å²) in [5, 5.41) is 7.22. The van der Waals surface area contributed by atoms with Crippen LogP contribution in [0.15, 0.2) is 35.5 Å². The zero-order chi connectivity index (χ0) is 18.2. The predicted molar refractivity (Wildman–Crippen MR) is 84.7 cm³/mol. The van der Waals surface area contributed by atoms with Crippen molar-refractivity contribution in [1.82, 2.24) is 14.6 Å². The van der Waals surface area contributed by atoms with E-state index in [9.17, 15) is 18.0 Å². The first kappa shape index (κ1) is 17.1. The van der Waals surface area contributed by atoms with Gasteiger partial charge in [-0.25, -0.2) is 9.31 Å². The van der Waals surface area contributed by atoms with Gasteiger partial charge in [-0.1, -0.05) is 34.7 Å². The van der Waals surface area contributed by atoms with Crippen LogP contribution in [0.2, 0.25) is 0 Å². The van der Waals surface area contributed by atoms with Crippen LogP contribution < -0.4 is 0 Å². The molecule has 2 heterocycles. The van der Waals surface area contributed by atoms with Crippen LogP contribution in [0.3, 0.4) is 0 Å². The SMILES string of the molecule is C/C(=N/OC(=O)c1ccccc1)c1sc2nc(C(F)(F)F)nn2c1C. The van der Waals surface area contributed by atoms with E-state index in [1.165, 1.54) is 0 Å². The van der Waals surface area contributed by atoms with Crippen molar-refractivity contribution in [3.05, 3.63) is 52.3 Å². The van der Waals surface area contributed by atoms with Gasteiger partial charge in [0.15, 0.2) is 0 Å². The number of rotatable bonds is 3. The fraction of sp³-hybridized carbons (Fsp3) is 0.200. The maximum atomic E-state index is 12.7. The minimum Gasteiger partial charge on any atom is -0.313 e. The third-order valence-corrected chi connectivity index (χ3v) is 4.52. The molecule has 2 aromatic heterocycles. The lowest BCUT2D eigenvalue weighted by molar-refractivity contribution is -0.144. The summed E-state index contributed by atoms with van der Waals surface area (Å²) in [6.07, 6.45) is -4.60. The molecule has 3 aromatic rings. The lowest BCUT2D eigenvalue weighted by atomic mass is 10.2. The number of nitrogens with zero attached hydrogens (tertiary/aromatic N) is 4. The van der Waals surface area contributed by atoms with Crippen molar-refractivity contribution in [3.63, 3.8) is 0 Å². The van der Waals surface area contributed by atoms with Crippen LogP contribution in [0.1, 0.15) is 33.7 Å². The van der Waals surface area contributed by atoms with E-state index in [4.69, 9.17) is 4.84 Å². The van der Waals surface area contributed by atoms with E-state index in [1.54, 1.807) is 44.2 Å². The van der Waals surface area contributed by atoms with Crippen molar-refractivity contribution >= 4 is 28.0 Å². The first-order valence-corrected chi connectivity index (χ1v) is 7.83. The highest BCUT2D eigenvalue weighted by Gasteiger charge is 2.37. The zero-order valence-corrected chi connectivity index (χ0v) is 13.9. The average Bonchev–Trinajstić information content (AvgIpc) is 3.13. The Morgan fingerprint density at radius 2 is 1.96 bits per heavy atom. The third kappa shape index (κ3) is 3.38. The Kier molecular flexibility index (Phi) is 4.29. The van der Waals surface area contributed by atoms with Gasteiger partial charge in [-0.15, -0.1) is 5.10 Å². The number of carbonyl (C=O) groups excluding carboxylic acids is 1. The molecule has 3 rings (SSSR count). The number of hydrogen-bond acceptors (Lipinski definition) is 6. The molecule has 0 aliphatic heterocycles. The molecule has 130 valence electrons. The number of halogens is 3. The van der Waals surface area contributed by atoms with Crippen molar-refractivity contribution < 1.29 is 22.8 Å². The highest BCUT2D eigenvalue weighted by atomic mass is 32.1. The van der Waals surface area contributed by atoms with Gasteiger partial charge in [-0.2, -0.15) is 18.2 Å². The monoisotopic (exact) mass is 368 g/mol. The van der Waals surface area contributed by atoms with E-state index in [1.807, 2.05) is 0 Å². The van der Waals surface area contributed by atoms with Gasteiger partial charge >= 0.3 is 12.1 Å². The quantitative estimate of drug-likeness (QED) is 0.402. The highest BCUT2D eigenvalue weighted by molar-refractivity contribution is 7.19. The number of alkyl halides is 3. The Morgan fingerprint density at radius 3 is 2.56 bits per heavy atom. The largest absolute Gasteiger partial charge is 0.453 e. The fourth-order valence-corrected chi connectivity index (χ4v) is 3.08. The number of oxime groups is 1. The molecular weight excluding hydrogens is 357 g/mol. The van der Waals surface area contributed by atoms with E-state index >= 15 is 0 Å². The molecule has 0 atom stereocenters. The molecule has 0 N–H and O–H groups in total. The van der Waals surface area contributed by atoms with Gasteiger partial charge in [0.05, 0.1) is 21.8 Å². The minimum absolute atomic E-state index is 0.0868. The van der Waals surface area contributed by atoms with Gasteiger partial charge < -0.3 is 4.84 Å². The molecule has 0 radical (unpaired) electrons. The van der Waals surface area contributed by atoms with Crippen LogP contribution in [-0.2, 0) is 11.0 Å². The number of fused-ring (bicyclic) bond motifs is 1. The number of benzene rings is 1. The molecule has 0 aliphatic carbocycles. The fourth-order valence-electron chi connectivity index (χ4n) is 2.08. The lowest BCUT2D eigenvalue weighted by Gasteiger charge is -2.01. The van der Waals surface area contributed by atoms with Crippen molar-refractivity contribution in [2.24, 2.45) is 5.16 Å². The molecule has 0 unspecified atom stereocenters. The van der Waals surface area contributed by atoms with Crippen LogP contribution in [-0.4, -0.2) is 26.3 Å². The molecule has 0 saturated carbocycles. The second kappa shape index (κ2) is 6.28. The van der Waals surface area contributed by atoms with Crippen molar-refractivity contribution in [1.29, 1.82) is 0 Å². The van der Waals surface area contributed by atoms with Gasteiger partial charge in [0, 0.05) is 0 Å². The second-order valence-corrected chi connectivity index (χ2v) is 6.04. The molecule has 25 heavy (non-hydrogen) atoms. The first-order valence-electron chi connectivity index (χ1n) is 7.02. The lowest BCUT2D eigenvalue weighted by Crippen LogP contribution is -2.08. The molecule has 6 nitrogen and oxygen atoms in total. The van der Waals surface area contributed by atoms with E-state index in [2.05, 4.69) is 15.2 Å². The third-order valence-electron chi connectivity index (χ3n) is 3.27. The number of hydrogen-bond donors (Lipinski definition) is 0. The van der Waals surface area contributed by atoms with E-state index in [-0.39, 0.29) is 4.96 Å². The molecule has 0 bridgehead atoms. The summed E-state index contributed by atoms with van der Waals surface area (Å²) in [6, 6.07) is 8.31. The van der Waals surface area contributed by atoms with Crippen molar-refractivity contribution in [2.75, 3.05) is 0 Å². The normalized spacial score (nSPS) is 12.6. The molecule has 10 heteroatoms. The Bertz CT molecular complexity index is 960. The van der Waals surface area contributed by atoms with Crippen LogP contribution in [0.5, 0.6) is 0 Å². The van der Waals surface area contributed by atoms with E-state index in [0.717, 1.165) is 15.9 Å².